The molecule has 0 aliphatic rings. The molecule has 2 aromatic heterocycles. The average Bonchev–Trinajstić information content (AvgIpc) is 3.71. The minimum atomic E-state index is -3.92. The molecule has 2 heterocycles. The predicted molar refractivity (Wildman–Crippen MR) is 249 cm³/mol. The molecule has 0 saturated carbocycles. The maximum absolute atomic E-state index is 11.8. The minimum Gasteiger partial charge on any atom is -0.507 e. The molecule has 59 heavy (non-hydrogen) atoms. The number of aryl methyl sites for hydroxylation is 2. The number of aromatic nitrogens is 3. The SMILES string of the molecule is [2H]c1nc(-c2cc(-c3cccc4c3nc(-c3cc(C)cc(C)c3O)n4-c3ccc(C([2H])(C)C)cc3-c3ccccc3)cc(C(C)(C)C)c2)c([2H])c(-c2c([2H])c([2H])c(C(C([2H])([2H])[2H])(C([2H])([2H])[2H])C([2H])([2H])[2H])c([2H])c2[2H])c1[2H]. The van der Waals surface area contributed by atoms with E-state index in [4.69, 9.17) is 26.9 Å². The van der Waals surface area contributed by atoms with Crippen molar-refractivity contribution in [3.8, 4) is 67.5 Å². The van der Waals surface area contributed by atoms with Gasteiger partial charge in [0.1, 0.15) is 11.6 Å². The second kappa shape index (κ2) is 15.2. The van der Waals surface area contributed by atoms with E-state index in [0.29, 0.717) is 44.8 Å². The van der Waals surface area contributed by atoms with Crippen molar-refractivity contribution in [2.24, 2.45) is 0 Å². The van der Waals surface area contributed by atoms with Crippen LogP contribution in [0, 0.1) is 13.8 Å². The van der Waals surface area contributed by atoms with Gasteiger partial charge in [-0.25, -0.2) is 4.98 Å². The van der Waals surface area contributed by atoms with Crippen LogP contribution >= 0.6 is 0 Å². The highest BCUT2D eigenvalue weighted by Gasteiger charge is 2.25. The van der Waals surface area contributed by atoms with Gasteiger partial charge in [-0.15, -0.1) is 0 Å². The van der Waals surface area contributed by atoms with Gasteiger partial charge in [0.15, 0.2) is 0 Å². The van der Waals surface area contributed by atoms with Gasteiger partial charge in [-0.2, -0.15) is 0 Å². The third-order valence-corrected chi connectivity index (χ3v) is 10.5. The van der Waals surface area contributed by atoms with Gasteiger partial charge in [0.05, 0.1) is 37.6 Å². The standard InChI is InChI=1S/C55H55N3O/c1-34(2)39-21-24-49(46(32-39)38-15-12-11-13-16-38)58-50-18-14-17-45(51(50)57-53(58)47-28-35(3)27-36(4)52(47)59)41-29-42(31-44(30-41)55(8,9)10)48-33-40(25-26-56-48)37-19-22-43(23-20-37)54(5,6)7/h11-34,59H,1-10H3/i5D3,6D3,7D3,19D,20D,22D,23D,25D,26D,33D,34D. The van der Waals surface area contributed by atoms with E-state index in [9.17, 15) is 6.48 Å². The van der Waals surface area contributed by atoms with Crippen LogP contribution in [0.4, 0.5) is 0 Å². The van der Waals surface area contributed by atoms with Crippen molar-refractivity contribution in [1.29, 1.82) is 0 Å². The number of phenolic OH excluding ortho intramolecular Hbond substituents is 1. The molecule has 0 unspecified atom stereocenters. The normalized spacial score (nSPS) is 17.1. The molecule has 0 spiro atoms. The van der Waals surface area contributed by atoms with Gasteiger partial charge in [-0.3, -0.25) is 9.55 Å². The number of rotatable bonds is 7. The number of aromatic hydroxyl groups is 1. The Morgan fingerprint density at radius 2 is 1.42 bits per heavy atom. The maximum atomic E-state index is 11.8. The summed E-state index contributed by atoms with van der Waals surface area (Å²) in [7, 11) is 0. The van der Waals surface area contributed by atoms with E-state index in [-0.39, 0.29) is 17.0 Å². The van der Waals surface area contributed by atoms with E-state index in [1.807, 2.05) is 138 Å². The number of hydrogen-bond acceptors (Lipinski definition) is 3. The van der Waals surface area contributed by atoms with Crippen LogP contribution in [0.15, 0.2) is 139 Å². The molecule has 6 aromatic carbocycles. The summed E-state index contributed by atoms with van der Waals surface area (Å²) >= 11 is 0. The second-order valence-corrected chi connectivity index (χ2v) is 16.3. The molecule has 0 atom stereocenters. The lowest BCUT2D eigenvalue weighted by atomic mass is 9.83. The molecule has 296 valence electrons. The molecular formula is C55H55N3O. The van der Waals surface area contributed by atoms with Crippen LogP contribution < -0.4 is 0 Å². The number of nitrogens with zero attached hydrogens (tertiary/aromatic N) is 3. The monoisotopic (exact) mass is 791 g/mol. The molecule has 1 N–H and O–H groups in total. The molecule has 0 fully saturated rings. The first-order valence-corrected chi connectivity index (χ1v) is 19.3. The van der Waals surface area contributed by atoms with E-state index in [1.54, 1.807) is 12.1 Å². The molecule has 0 amide bonds. The zero-order valence-electron chi connectivity index (χ0n) is 51.0. The Balaban J connectivity index is 1.43. The Hall–Kier alpha value is -6.26. The highest BCUT2D eigenvalue weighted by Crippen LogP contribution is 2.43. The van der Waals surface area contributed by atoms with Crippen LogP contribution in [0.3, 0.4) is 0 Å². The van der Waals surface area contributed by atoms with E-state index >= 15 is 0 Å². The Morgan fingerprint density at radius 1 is 0.678 bits per heavy atom. The Morgan fingerprint density at radius 3 is 2.14 bits per heavy atom. The van der Waals surface area contributed by atoms with E-state index in [2.05, 4.69) is 4.98 Å². The Labute approximate surface area is 374 Å². The van der Waals surface area contributed by atoms with Crippen LogP contribution in [0.2, 0.25) is 0 Å². The van der Waals surface area contributed by atoms with Gasteiger partial charge in [0.25, 0.3) is 0 Å². The molecule has 8 aromatic rings. The summed E-state index contributed by atoms with van der Waals surface area (Å²) < 4.78 is 149. The summed E-state index contributed by atoms with van der Waals surface area (Å²) in [6, 6.07) is 24.1. The van der Waals surface area contributed by atoms with E-state index in [0.717, 1.165) is 27.8 Å². The molecular weight excluding hydrogens is 719 g/mol. The second-order valence-electron chi connectivity index (χ2n) is 16.3. The summed E-state index contributed by atoms with van der Waals surface area (Å²) in [5, 5.41) is 11.8. The molecule has 4 heteroatoms. The summed E-state index contributed by atoms with van der Waals surface area (Å²) in [4.78, 5) is 9.74. The van der Waals surface area contributed by atoms with Crippen molar-refractivity contribution in [2.75, 3.05) is 0 Å². The summed E-state index contributed by atoms with van der Waals surface area (Å²) in [6.45, 7) is 1.50. The molecule has 0 aliphatic carbocycles. The Kier molecular flexibility index (Phi) is 6.16. The molecule has 8 rings (SSSR count). The highest BCUT2D eigenvalue weighted by atomic mass is 16.3. The van der Waals surface area contributed by atoms with Crippen molar-refractivity contribution in [3.05, 3.63) is 167 Å². The van der Waals surface area contributed by atoms with Crippen LogP contribution in [0.25, 0.3) is 72.7 Å². The summed E-state index contributed by atoms with van der Waals surface area (Å²) in [5.41, 5.74) is 0.947. The van der Waals surface area contributed by atoms with Crippen molar-refractivity contribution in [3.63, 3.8) is 0 Å². The van der Waals surface area contributed by atoms with Crippen molar-refractivity contribution in [2.45, 2.75) is 85.7 Å². The number of benzene rings is 6. The number of para-hydroxylation sites is 1. The first-order valence-electron chi connectivity index (χ1n) is 27.8. The lowest BCUT2D eigenvalue weighted by Crippen LogP contribution is -2.11. The molecule has 4 nitrogen and oxygen atoms in total. The van der Waals surface area contributed by atoms with Crippen LogP contribution in [-0.2, 0) is 10.8 Å². The van der Waals surface area contributed by atoms with Gasteiger partial charge in [0, 0.05) is 36.6 Å². The molecule has 0 saturated heterocycles. The third-order valence-electron chi connectivity index (χ3n) is 10.5. The molecule has 0 bridgehead atoms. The zero-order valence-corrected chi connectivity index (χ0v) is 34.0. The van der Waals surface area contributed by atoms with Gasteiger partial charge in [-0.1, -0.05) is 140 Å². The van der Waals surface area contributed by atoms with Gasteiger partial charge >= 0.3 is 0 Å². The van der Waals surface area contributed by atoms with Crippen LogP contribution in [0.1, 0.15) is 112 Å². The minimum absolute atomic E-state index is 0.0299. The number of hydrogen-bond donors (Lipinski definition) is 1. The zero-order chi connectivity index (χ0) is 56.3. The summed E-state index contributed by atoms with van der Waals surface area (Å²) in [6.07, 6.45) is -0.737. The maximum Gasteiger partial charge on any atom is 0.149 e. The smallest absolute Gasteiger partial charge is 0.149 e. The number of phenols is 1. The van der Waals surface area contributed by atoms with Crippen LogP contribution in [0.5, 0.6) is 5.75 Å². The van der Waals surface area contributed by atoms with Crippen molar-refractivity contribution < 1.29 is 28.4 Å². The first kappa shape index (κ1) is 24.0. The number of fused-ring (bicyclic) bond motifs is 1. The van der Waals surface area contributed by atoms with Gasteiger partial charge < -0.3 is 5.11 Å². The molecule has 0 aliphatic heterocycles. The lowest BCUT2D eigenvalue weighted by molar-refractivity contribution is 0.472. The highest BCUT2D eigenvalue weighted by molar-refractivity contribution is 5.98. The van der Waals surface area contributed by atoms with Gasteiger partial charge in [0.2, 0.25) is 0 Å². The fourth-order valence-corrected chi connectivity index (χ4v) is 7.34. The van der Waals surface area contributed by atoms with Crippen LogP contribution in [-0.4, -0.2) is 19.6 Å². The first-order chi connectivity index (χ1) is 35.0. The quantitative estimate of drug-likeness (QED) is 0.175. The molecule has 0 radical (unpaired) electrons. The van der Waals surface area contributed by atoms with E-state index < -0.39 is 96.4 Å². The predicted octanol–water partition coefficient (Wildman–Crippen LogP) is 14.8. The number of imidazole rings is 1. The third kappa shape index (κ3) is 7.72. The van der Waals surface area contributed by atoms with Crippen molar-refractivity contribution >= 4 is 11.0 Å². The fourth-order valence-electron chi connectivity index (χ4n) is 7.34. The average molecular weight is 791 g/mol. The van der Waals surface area contributed by atoms with Gasteiger partial charge in [-0.05, 0) is 129 Å². The van der Waals surface area contributed by atoms with E-state index in [1.165, 1.54) is 0 Å². The Bertz CT molecular complexity index is 3570. The fraction of sp³-hybridized carbons (Fsp3) is 0.236. The largest absolute Gasteiger partial charge is 0.507 e. The van der Waals surface area contributed by atoms with Crippen molar-refractivity contribution in [1.82, 2.24) is 14.5 Å². The topological polar surface area (TPSA) is 50.9 Å². The lowest BCUT2D eigenvalue weighted by Gasteiger charge is -2.22. The summed E-state index contributed by atoms with van der Waals surface area (Å²) in [5.74, 6) is -0.502. The number of pyridine rings is 1.